The lowest BCUT2D eigenvalue weighted by atomic mass is 9.88. The molecule has 0 spiro atoms. The second-order valence-electron chi connectivity index (χ2n) is 5.52. The van der Waals surface area contributed by atoms with Crippen molar-refractivity contribution in [1.82, 2.24) is 9.80 Å². The van der Waals surface area contributed by atoms with E-state index in [1.54, 1.807) is 6.92 Å². The fourth-order valence-electron chi connectivity index (χ4n) is 2.29. The number of aliphatic carboxylic acids is 1. The summed E-state index contributed by atoms with van der Waals surface area (Å²) in [4.78, 5) is 26.0. The van der Waals surface area contributed by atoms with Crippen LogP contribution in [0.1, 0.15) is 27.2 Å². The summed E-state index contributed by atoms with van der Waals surface area (Å²) in [6.45, 7) is 9.47. The fraction of sp³-hybridized carbons (Fsp3) is 0.833. The molecule has 1 aliphatic heterocycles. The number of rotatable bonds is 4. The van der Waals surface area contributed by atoms with Crippen LogP contribution in [0.5, 0.6) is 0 Å². The molecular weight excluding hydrogens is 220 g/mol. The van der Waals surface area contributed by atoms with Gasteiger partial charge in [-0.1, -0.05) is 13.8 Å². The van der Waals surface area contributed by atoms with E-state index in [9.17, 15) is 9.59 Å². The van der Waals surface area contributed by atoms with E-state index in [1.165, 1.54) is 0 Å². The third kappa shape index (κ3) is 4.73. The van der Waals surface area contributed by atoms with Crippen LogP contribution in [-0.2, 0) is 9.59 Å². The summed E-state index contributed by atoms with van der Waals surface area (Å²) in [5, 5.41) is 8.82. The van der Waals surface area contributed by atoms with E-state index in [-0.39, 0.29) is 17.7 Å². The fourth-order valence-corrected chi connectivity index (χ4v) is 2.29. The van der Waals surface area contributed by atoms with Gasteiger partial charge in [-0.3, -0.25) is 14.5 Å². The second-order valence-corrected chi connectivity index (χ2v) is 5.52. The van der Waals surface area contributed by atoms with Gasteiger partial charge in [-0.25, -0.2) is 0 Å². The zero-order valence-corrected chi connectivity index (χ0v) is 10.9. The van der Waals surface area contributed by atoms with Gasteiger partial charge in [-0.05, 0) is 5.41 Å². The zero-order valence-electron chi connectivity index (χ0n) is 10.9. The summed E-state index contributed by atoms with van der Waals surface area (Å²) < 4.78 is 0. The molecule has 98 valence electrons. The SMILES string of the molecule is CC(=O)N1CCN(CC(C)(C)CC(=O)O)CC1. The predicted octanol–water partition coefficient (Wildman–Crippen LogP) is 0.651. The number of nitrogens with zero attached hydrogens (tertiary/aromatic N) is 2. The van der Waals surface area contributed by atoms with Gasteiger partial charge in [0.2, 0.25) is 5.91 Å². The highest BCUT2D eigenvalue weighted by Crippen LogP contribution is 2.22. The highest BCUT2D eigenvalue weighted by atomic mass is 16.4. The van der Waals surface area contributed by atoms with Crippen LogP contribution >= 0.6 is 0 Å². The Morgan fingerprint density at radius 2 is 1.71 bits per heavy atom. The Kier molecular flexibility index (Phi) is 4.51. The Balaban J connectivity index is 2.39. The predicted molar refractivity (Wildman–Crippen MR) is 64.7 cm³/mol. The second kappa shape index (κ2) is 5.49. The molecule has 5 nitrogen and oxygen atoms in total. The van der Waals surface area contributed by atoms with E-state index in [2.05, 4.69) is 4.90 Å². The summed E-state index contributed by atoms with van der Waals surface area (Å²) in [6.07, 6.45) is 0.180. The van der Waals surface area contributed by atoms with E-state index in [0.717, 1.165) is 32.7 Å². The molecule has 1 heterocycles. The van der Waals surface area contributed by atoms with Gasteiger partial charge in [0.25, 0.3) is 0 Å². The average Bonchev–Trinajstić information content (AvgIpc) is 2.15. The lowest BCUT2D eigenvalue weighted by Crippen LogP contribution is -2.50. The summed E-state index contributed by atoms with van der Waals surface area (Å²) >= 11 is 0. The van der Waals surface area contributed by atoms with Gasteiger partial charge in [0.15, 0.2) is 0 Å². The third-order valence-electron chi connectivity index (χ3n) is 3.10. The first kappa shape index (κ1) is 14.0. The molecule has 5 heteroatoms. The molecule has 0 saturated carbocycles. The van der Waals surface area contributed by atoms with Crippen LogP contribution in [-0.4, -0.2) is 59.5 Å². The van der Waals surface area contributed by atoms with Crippen LogP contribution in [0.2, 0.25) is 0 Å². The van der Waals surface area contributed by atoms with Gasteiger partial charge in [0.05, 0.1) is 6.42 Å². The number of carbonyl (C=O) groups excluding carboxylic acids is 1. The van der Waals surface area contributed by atoms with Crippen molar-refractivity contribution in [3.8, 4) is 0 Å². The molecule has 1 rings (SSSR count). The first-order valence-electron chi connectivity index (χ1n) is 6.00. The molecule has 0 atom stereocenters. The minimum Gasteiger partial charge on any atom is -0.481 e. The Bertz CT molecular complexity index is 294. The van der Waals surface area contributed by atoms with E-state index < -0.39 is 5.97 Å². The van der Waals surface area contributed by atoms with Crippen molar-refractivity contribution >= 4 is 11.9 Å². The van der Waals surface area contributed by atoms with Crippen molar-refractivity contribution in [3.05, 3.63) is 0 Å². The van der Waals surface area contributed by atoms with Crippen molar-refractivity contribution in [2.45, 2.75) is 27.2 Å². The molecule has 1 saturated heterocycles. The molecule has 0 radical (unpaired) electrons. The molecular formula is C12H22N2O3. The van der Waals surface area contributed by atoms with Crippen LogP contribution in [0.25, 0.3) is 0 Å². The number of amides is 1. The van der Waals surface area contributed by atoms with Crippen LogP contribution in [0, 0.1) is 5.41 Å². The van der Waals surface area contributed by atoms with Gasteiger partial charge in [-0.2, -0.15) is 0 Å². The highest BCUT2D eigenvalue weighted by molar-refractivity contribution is 5.73. The third-order valence-corrected chi connectivity index (χ3v) is 3.10. The molecule has 1 fully saturated rings. The van der Waals surface area contributed by atoms with Crippen LogP contribution in [0.15, 0.2) is 0 Å². The molecule has 0 aliphatic carbocycles. The van der Waals surface area contributed by atoms with E-state index >= 15 is 0 Å². The number of carboxylic acids is 1. The maximum Gasteiger partial charge on any atom is 0.303 e. The normalized spacial score (nSPS) is 18.2. The highest BCUT2D eigenvalue weighted by Gasteiger charge is 2.27. The van der Waals surface area contributed by atoms with Gasteiger partial charge < -0.3 is 10.0 Å². The summed E-state index contributed by atoms with van der Waals surface area (Å²) in [6, 6.07) is 0. The number of hydrogen-bond donors (Lipinski definition) is 1. The largest absolute Gasteiger partial charge is 0.481 e. The monoisotopic (exact) mass is 242 g/mol. The molecule has 0 bridgehead atoms. The maximum absolute atomic E-state index is 11.2. The van der Waals surface area contributed by atoms with Crippen molar-refractivity contribution in [2.24, 2.45) is 5.41 Å². The smallest absolute Gasteiger partial charge is 0.303 e. The number of carboxylic acid groups (broad SMARTS) is 1. The molecule has 1 N–H and O–H groups in total. The van der Waals surface area contributed by atoms with Gasteiger partial charge in [0.1, 0.15) is 0 Å². The molecule has 0 unspecified atom stereocenters. The van der Waals surface area contributed by atoms with E-state index in [1.807, 2.05) is 18.7 Å². The number of piperazine rings is 1. The van der Waals surface area contributed by atoms with Crippen molar-refractivity contribution in [2.75, 3.05) is 32.7 Å². The Labute approximate surface area is 102 Å². The molecule has 1 aliphatic rings. The Morgan fingerprint density at radius 1 is 1.18 bits per heavy atom. The first-order valence-corrected chi connectivity index (χ1v) is 6.00. The number of hydrogen-bond acceptors (Lipinski definition) is 3. The minimum absolute atomic E-state index is 0.120. The topological polar surface area (TPSA) is 60.9 Å². The van der Waals surface area contributed by atoms with Crippen LogP contribution in [0.3, 0.4) is 0 Å². The van der Waals surface area contributed by atoms with Crippen molar-refractivity contribution < 1.29 is 14.7 Å². The van der Waals surface area contributed by atoms with E-state index in [0.29, 0.717) is 0 Å². The van der Waals surface area contributed by atoms with Gasteiger partial charge >= 0.3 is 5.97 Å². The van der Waals surface area contributed by atoms with Crippen molar-refractivity contribution in [3.63, 3.8) is 0 Å². The van der Waals surface area contributed by atoms with Gasteiger partial charge in [-0.15, -0.1) is 0 Å². The molecule has 1 amide bonds. The Hall–Kier alpha value is -1.10. The average molecular weight is 242 g/mol. The minimum atomic E-state index is -0.752. The first-order chi connectivity index (χ1) is 7.80. The standard InChI is InChI=1S/C12H22N2O3/c1-10(15)14-6-4-13(5-7-14)9-12(2,3)8-11(16)17/h4-9H2,1-3H3,(H,16,17). The van der Waals surface area contributed by atoms with Crippen LogP contribution < -0.4 is 0 Å². The van der Waals surface area contributed by atoms with Crippen molar-refractivity contribution in [1.29, 1.82) is 0 Å². The quantitative estimate of drug-likeness (QED) is 0.786. The molecule has 17 heavy (non-hydrogen) atoms. The van der Waals surface area contributed by atoms with Gasteiger partial charge in [0, 0.05) is 39.6 Å². The molecule has 0 aromatic rings. The number of carbonyl (C=O) groups is 2. The Morgan fingerprint density at radius 3 is 2.12 bits per heavy atom. The maximum atomic E-state index is 11.2. The zero-order chi connectivity index (χ0) is 13.1. The molecule has 0 aromatic heterocycles. The summed E-state index contributed by atoms with van der Waals surface area (Å²) in [5.74, 6) is -0.633. The lowest BCUT2D eigenvalue weighted by Gasteiger charge is -2.38. The van der Waals surface area contributed by atoms with E-state index in [4.69, 9.17) is 5.11 Å². The molecule has 0 aromatic carbocycles. The summed E-state index contributed by atoms with van der Waals surface area (Å²) in [5.41, 5.74) is -0.218. The lowest BCUT2D eigenvalue weighted by molar-refractivity contribution is -0.139. The summed E-state index contributed by atoms with van der Waals surface area (Å²) in [7, 11) is 0. The van der Waals surface area contributed by atoms with Crippen LogP contribution in [0.4, 0.5) is 0 Å².